The van der Waals surface area contributed by atoms with Gasteiger partial charge in [0.15, 0.2) is 20.4 Å². The number of hydrogen-bond acceptors (Lipinski definition) is 6. The Hall–Kier alpha value is -2.48. The Bertz CT molecular complexity index is 1080. The summed E-state index contributed by atoms with van der Waals surface area (Å²) in [6, 6.07) is 5.33. The lowest BCUT2D eigenvalue weighted by atomic mass is 10.1. The molecule has 3 aromatic rings. The zero-order valence-electron chi connectivity index (χ0n) is 16.3. The SMILES string of the molecule is Cc1ccc(C)c(S(=O)(=O)C2(c3nc(C(C)n4ccnc4)no3)CCCC2)c1. The lowest BCUT2D eigenvalue weighted by molar-refractivity contribution is 0.325. The fourth-order valence-corrected chi connectivity index (χ4v) is 6.37. The number of nitrogens with zero attached hydrogens (tertiary/aromatic N) is 4. The van der Waals surface area contributed by atoms with Crippen LogP contribution in [-0.2, 0) is 14.6 Å². The fourth-order valence-electron chi connectivity index (χ4n) is 3.97. The zero-order valence-corrected chi connectivity index (χ0v) is 17.1. The molecular weight excluding hydrogens is 376 g/mol. The van der Waals surface area contributed by atoms with Gasteiger partial charge in [-0.1, -0.05) is 30.1 Å². The van der Waals surface area contributed by atoms with Crippen molar-refractivity contribution >= 4 is 9.84 Å². The number of benzene rings is 1. The lowest BCUT2D eigenvalue weighted by Crippen LogP contribution is -2.34. The maximum absolute atomic E-state index is 13.8. The quantitative estimate of drug-likeness (QED) is 0.648. The number of imidazole rings is 1. The predicted molar refractivity (Wildman–Crippen MR) is 104 cm³/mol. The van der Waals surface area contributed by atoms with E-state index < -0.39 is 14.6 Å². The summed E-state index contributed by atoms with van der Waals surface area (Å²) in [6.45, 7) is 5.66. The Kier molecular flexibility index (Phi) is 4.61. The molecule has 8 heteroatoms. The van der Waals surface area contributed by atoms with E-state index in [1.807, 2.05) is 43.7 Å². The fraction of sp³-hybridized carbons (Fsp3) is 0.450. The summed E-state index contributed by atoms with van der Waals surface area (Å²) in [5.41, 5.74) is 1.65. The van der Waals surface area contributed by atoms with E-state index in [0.29, 0.717) is 23.6 Å². The van der Waals surface area contributed by atoms with Gasteiger partial charge in [0.25, 0.3) is 0 Å². The minimum Gasteiger partial charge on any atom is -0.337 e. The van der Waals surface area contributed by atoms with E-state index in [1.54, 1.807) is 18.6 Å². The molecule has 2 aromatic heterocycles. The van der Waals surface area contributed by atoms with Crippen molar-refractivity contribution in [2.75, 3.05) is 0 Å². The summed E-state index contributed by atoms with van der Waals surface area (Å²) in [7, 11) is -3.69. The highest BCUT2D eigenvalue weighted by molar-refractivity contribution is 7.92. The molecule has 1 aliphatic rings. The number of sulfone groups is 1. The van der Waals surface area contributed by atoms with Gasteiger partial charge in [-0.3, -0.25) is 0 Å². The average Bonchev–Trinajstić information content (AvgIpc) is 3.43. The van der Waals surface area contributed by atoms with Crippen molar-refractivity contribution in [3.8, 4) is 0 Å². The van der Waals surface area contributed by atoms with Gasteiger partial charge >= 0.3 is 0 Å². The molecule has 1 fully saturated rings. The molecule has 0 N–H and O–H groups in total. The maximum Gasteiger partial charge on any atom is 0.248 e. The molecule has 7 nitrogen and oxygen atoms in total. The Labute approximate surface area is 164 Å². The largest absolute Gasteiger partial charge is 0.337 e. The van der Waals surface area contributed by atoms with E-state index in [9.17, 15) is 8.42 Å². The van der Waals surface area contributed by atoms with Gasteiger partial charge in [0.1, 0.15) is 0 Å². The topological polar surface area (TPSA) is 90.9 Å². The van der Waals surface area contributed by atoms with Crippen molar-refractivity contribution in [1.29, 1.82) is 0 Å². The van der Waals surface area contributed by atoms with Crippen LogP contribution in [0, 0.1) is 13.8 Å². The molecule has 1 atom stereocenters. The number of aryl methyl sites for hydroxylation is 2. The smallest absolute Gasteiger partial charge is 0.248 e. The second-order valence-electron chi connectivity index (χ2n) is 7.62. The summed E-state index contributed by atoms with van der Waals surface area (Å²) in [6.07, 6.45) is 7.80. The molecule has 0 spiro atoms. The average molecular weight is 401 g/mol. The predicted octanol–water partition coefficient (Wildman–Crippen LogP) is 3.74. The van der Waals surface area contributed by atoms with Gasteiger partial charge in [-0.05, 0) is 50.8 Å². The summed E-state index contributed by atoms with van der Waals surface area (Å²) in [5, 5.41) is 4.11. The third-order valence-electron chi connectivity index (χ3n) is 5.74. The Morgan fingerprint density at radius 1 is 1.21 bits per heavy atom. The first-order chi connectivity index (χ1) is 13.3. The highest BCUT2D eigenvalue weighted by atomic mass is 32.2. The highest BCUT2D eigenvalue weighted by Crippen LogP contribution is 2.48. The minimum absolute atomic E-state index is 0.193. The molecule has 0 radical (unpaired) electrons. The van der Waals surface area contributed by atoms with Gasteiger partial charge in [0, 0.05) is 12.4 Å². The van der Waals surface area contributed by atoms with E-state index in [4.69, 9.17) is 4.52 Å². The van der Waals surface area contributed by atoms with Crippen molar-refractivity contribution in [3.05, 3.63) is 59.8 Å². The van der Waals surface area contributed by atoms with Crippen LogP contribution >= 0.6 is 0 Å². The second-order valence-corrected chi connectivity index (χ2v) is 9.85. The van der Waals surface area contributed by atoms with Crippen LogP contribution in [-0.4, -0.2) is 28.1 Å². The Morgan fingerprint density at radius 2 is 1.96 bits per heavy atom. The molecule has 28 heavy (non-hydrogen) atoms. The summed E-state index contributed by atoms with van der Waals surface area (Å²) >= 11 is 0. The number of aromatic nitrogens is 4. The van der Waals surface area contributed by atoms with E-state index in [1.165, 1.54) is 0 Å². The normalized spacial score (nSPS) is 17.7. The highest BCUT2D eigenvalue weighted by Gasteiger charge is 2.53. The third-order valence-corrected chi connectivity index (χ3v) is 8.37. The molecule has 0 bridgehead atoms. The number of hydrogen-bond donors (Lipinski definition) is 0. The number of rotatable bonds is 5. The molecule has 1 aliphatic carbocycles. The van der Waals surface area contributed by atoms with Crippen molar-refractivity contribution in [3.63, 3.8) is 0 Å². The van der Waals surface area contributed by atoms with Gasteiger partial charge < -0.3 is 9.09 Å². The van der Waals surface area contributed by atoms with E-state index in [2.05, 4.69) is 15.1 Å². The molecule has 2 heterocycles. The van der Waals surface area contributed by atoms with E-state index in [0.717, 1.165) is 24.0 Å². The van der Waals surface area contributed by atoms with Crippen molar-refractivity contribution in [2.45, 2.75) is 62.1 Å². The van der Waals surface area contributed by atoms with Crippen molar-refractivity contribution in [1.82, 2.24) is 19.7 Å². The van der Waals surface area contributed by atoms with Crippen molar-refractivity contribution in [2.24, 2.45) is 0 Å². The molecule has 1 unspecified atom stereocenters. The molecule has 1 saturated carbocycles. The van der Waals surface area contributed by atoms with Crippen molar-refractivity contribution < 1.29 is 12.9 Å². The molecule has 0 saturated heterocycles. The van der Waals surface area contributed by atoms with Gasteiger partial charge in [-0.25, -0.2) is 13.4 Å². The van der Waals surface area contributed by atoms with Crippen LogP contribution in [0.3, 0.4) is 0 Å². The van der Waals surface area contributed by atoms with Gasteiger partial charge in [-0.2, -0.15) is 4.98 Å². The molecular formula is C20H24N4O3S. The lowest BCUT2D eigenvalue weighted by Gasteiger charge is -2.26. The maximum atomic E-state index is 13.8. The third kappa shape index (κ3) is 2.87. The summed E-state index contributed by atoms with van der Waals surface area (Å²) < 4.78 is 33.9. The van der Waals surface area contributed by atoms with Crippen LogP contribution in [0.1, 0.15) is 61.5 Å². The molecule has 0 amide bonds. The minimum atomic E-state index is -3.69. The second kappa shape index (κ2) is 6.84. The van der Waals surface area contributed by atoms with Crippen LogP contribution in [0.2, 0.25) is 0 Å². The van der Waals surface area contributed by atoms with Crippen LogP contribution in [0.25, 0.3) is 0 Å². The molecule has 4 rings (SSSR count). The first kappa shape index (κ1) is 18.9. The van der Waals surface area contributed by atoms with Gasteiger partial charge in [0.05, 0.1) is 17.3 Å². The molecule has 1 aromatic carbocycles. The van der Waals surface area contributed by atoms with Crippen LogP contribution < -0.4 is 0 Å². The zero-order chi connectivity index (χ0) is 19.9. The van der Waals surface area contributed by atoms with Gasteiger partial charge in [0.2, 0.25) is 5.89 Å². The van der Waals surface area contributed by atoms with Crippen LogP contribution in [0.4, 0.5) is 0 Å². The van der Waals surface area contributed by atoms with E-state index in [-0.39, 0.29) is 11.9 Å². The molecule has 148 valence electrons. The first-order valence-corrected chi connectivity index (χ1v) is 11.0. The van der Waals surface area contributed by atoms with E-state index >= 15 is 0 Å². The monoisotopic (exact) mass is 400 g/mol. The summed E-state index contributed by atoms with van der Waals surface area (Å²) in [5.74, 6) is 0.656. The first-order valence-electron chi connectivity index (χ1n) is 9.48. The van der Waals surface area contributed by atoms with Crippen LogP contribution in [0.5, 0.6) is 0 Å². The Morgan fingerprint density at radius 3 is 2.64 bits per heavy atom. The van der Waals surface area contributed by atoms with Crippen LogP contribution in [0.15, 0.2) is 46.3 Å². The molecule has 0 aliphatic heterocycles. The standard InChI is InChI=1S/C20H24N4O3S/c1-14-6-7-15(2)17(12-14)28(25,26)20(8-4-5-9-20)19-22-18(23-27-19)16(3)24-11-10-21-13-24/h6-7,10-13,16H,4-5,8-9H2,1-3H3. The Balaban J connectivity index is 1.80. The summed E-state index contributed by atoms with van der Waals surface area (Å²) in [4.78, 5) is 8.96. The van der Waals surface area contributed by atoms with Gasteiger partial charge in [-0.15, -0.1) is 0 Å².